The molecule has 1 N–H and O–H groups in total. The van der Waals surface area contributed by atoms with E-state index in [0.29, 0.717) is 19.7 Å². The van der Waals surface area contributed by atoms with Gasteiger partial charge in [0.1, 0.15) is 5.69 Å². The van der Waals surface area contributed by atoms with Crippen LogP contribution in [0.2, 0.25) is 0 Å². The number of aryl methyl sites for hydroxylation is 1. The van der Waals surface area contributed by atoms with Crippen molar-refractivity contribution in [2.75, 3.05) is 26.8 Å². The third-order valence-electron chi connectivity index (χ3n) is 3.81. The van der Waals surface area contributed by atoms with Crippen molar-refractivity contribution < 1.29 is 19.4 Å². The highest BCUT2D eigenvalue weighted by Crippen LogP contribution is 2.09. The number of rotatable bonds is 9. The van der Waals surface area contributed by atoms with Crippen LogP contribution in [0.5, 0.6) is 0 Å². The van der Waals surface area contributed by atoms with Crippen LogP contribution in [-0.2, 0) is 11.2 Å². The van der Waals surface area contributed by atoms with Gasteiger partial charge in [0.15, 0.2) is 0 Å². The van der Waals surface area contributed by atoms with Crippen molar-refractivity contribution in [2.24, 2.45) is 0 Å². The molecule has 0 radical (unpaired) electrons. The molecule has 2 aromatic rings. The van der Waals surface area contributed by atoms with E-state index in [4.69, 9.17) is 9.84 Å². The van der Waals surface area contributed by atoms with Gasteiger partial charge in [-0.25, -0.2) is 4.79 Å². The highest BCUT2D eigenvalue weighted by molar-refractivity contribution is 5.95. The second-order valence-electron chi connectivity index (χ2n) is 5.61. The van der Waals surface area contributed by atoms with Gasteiger partial charge < -0.3 is 14.7 Å². The zero-order valence-electron chi connectivity index (χ0n) is 14.2. The minimum atomic E-state index is -1.08. The fraction of sp³-hybridized carbons (Fsp3) is 0.316. The molecule has 1 aromatic heterocycles. The molecule has 0 unspecified atom stereocenters. The van der Waals surface area contributed by atoms with Crippen LogP contribution in [-0.4, -0.2) is 53.7 Å². The number of nitrogens with zero attached hydrogens (tertiary/aromatic N) is 2. The number of methoxy groups -OCH3 is 1. The molecule has 6 nitrogen and oxygen atoms in total. The quantitative estimate of drug-likeness (QED) is 0.757. The molecule has 0 saturated heterocycles. The average molecular weight is 342 g/mol. The SMILES string of the molecule is COCCN(CCCc1ccccc1)C(=O)c1cc(C(=O)O)ccn1. The molecule has 2 rings (SSSR count). The minimum absolute atomic E-state index is 0.0503. The van der Waals surface area contributed by atoms with Crippen molar-refractivity contribution in [3.63, 3.8) is 0 Å². The number of hydrogen-bond donors (Lipinski definition) is 1. The maximum atomic E-state index is 12.7. The van der Waals surface area contributed by atoms with E-state index in [1.165, 1.54) is 23.9 Å². The molecule has 132 valence electrons. The maximum Gasteiger partial charge on any atom is 0.335 e. The van der Waals surface area contributed by atoms with E-state index < -0.39 is 5.97 Å². The van der Waals surface area contributed by atoms with Crippen LogP contribution >= 0.6 is 0 Å². The Labute approximate surface area is 147 Å². The summed E-state index contributed by atoms with van der Waals surface area (Å²) in [5, 5.41) is 9.07. The first kappa shape index (κ1) is 18.6. The number of benzene rings is 1. The van der Waals surface area contributed by atoms with Gasteiger partial charge in [-0.05, 0) is 30.5 Å². The normalized spacial score (nSPS) is 10.4. The van der Waals surface area contributed by atoms with Crippen molar-refractivity contribution in [2.45, 2.75) is 12.8 Å². The number of amides is 1. The number of ether oxygens (including phenoxy) is 1. The molecule has 0 aliphatic rings. The summed E-state index contributed by atoms with van der Waals surface area (Å²) in [6.07, 6.45) is 3.01. The fourth-order valence-electron chi connectivity index (χ4n) is 2.48. The van der Waals surface area contributed by atoms with Gasteiger partial charge >= 0.3 is 5.97 Å². The van der Waals surface area contributed by atoms with Gasteiger partial charge in [-0.3, -0.25) is 9.78 Å². The summed E-state index contributed by atoms with van der Waals surface area (Å²) < 4.78 is 5.08. The van der Waals surface area contributed by atoms with Gasteiger partial charge in [-0.15, -0.1) is 0 Å². The van der Waals surface area contributed by atoms with Crippen LogP contribution in [0.3, 0.4) is 0 Å². The lowest BCUT2D eigenvalue weighted by molar-refractivity contribution is 0.0687. The molecule has 1 aromatic carbocycles. The second kappa shape index (κ2) is 9.54. The van der Waals surface area contributed by atoms with Gasteiger partial charge in [0, 0.05) is 26.4 Å². The molecule has 0 fully saturated rings. The van der Waals surface area contributed by atoms with E-state index >= 15 is 0 Å². The van der Waals surface area contributed by atoms with Crippen LogP contribution in [0.25, 0.3) is 0 Å². The molecular formula is C19H22N2O4. The molecule has 0 atom stereocenters. The molecule has 1 heterocycles. The summed E-state index contributed by atoms with van der Waals surface area (Å²) >= 11 is 0. The number of carbonyl (C=O) groups is 2. The van der Waals surface area contributed by atoms with Crippen LogP contribution < -0.4 is 0 Å². The van der Waals surface area contributed by atoms with Crippen molar-refractivity contribution >= 4 is 11.9 Å². The van der Waals surface area contributed by atoms with Crippen molar-refractivity contribution in [3.05, 3.63) is 65.5 Å². The molecule has 0 bridgehead atoms. The Hall–Kier alpha value is -2.73. The van der Waals surface area contributed by atoms with Crippen molar-refractivity contribution in [3.8, 4) is 0 Å². The first-order valence-corrected chi connectivity index (χ1v) is 8.13. The number of carbonyl (C=O) groups excluding carboxylic acids is 1. The molecular weight excluding hydrogens is 320 g/mol. The van der Waals surface area contributed by atoms with Gasteiger partial charge in [0.05, 0.1) is 12.2 Å². The standard InChI is InChI=1S/C19H22N2O4/c1-25-13-12-21(11-5-8-15-6-3-2-4-7-15)18(22)17-14-16(19(23)24)9-10-20-17/h2-4,6-7,9-10,14H,5,8,11-13H2,1H3,(H,23,24). The monoisotopic (exact) mass is 342 g/mol. The summed E-state index contributed by atoms with van der Waals surface area (Å²) in [5.74, 6) is -1.36. The Morgan fingerprint density at radius 1 is 1.16 bits per heavy atom. The predicted molar refractivity (Wildman–Crippen MR) is 93.7 cm³/mol. The lowest BCUT2D eigenvalue weighted by Gasteiger charge is -2.22. The molecule has 0 spiro atoms. The predicted octanol–water partition coefficient (Wildman–Crippen LogP) is 2.50. The van der Waals surface area contributed by atoms with Crippen LogP contribution in [0.15, 0.2) is 48.7 Å². The Kier molecular flexibility index (Phi) is 7.10. The second-order valence-corrected chi connectivity index (χ2v) is 5.61. The van der Waals surface area contributed by atoms with E-state index in [1.54, 1.807) is 12.0 Å². The third kappa shape index (κ3) is 5.69. The van der Waals surface area contributed by atoms with E-state index in [9.17, 15) is 9.59 Å². The van der Waals surface area contributed by atoms with E-state index in [1.807, 2.05) is 18.2 Å². The Morgan fingerprint density at radius 3 is 2.60 bits per heavy atom. The molecule has 0 aliphatic carbocycles. The minimum Gasteiger partial charge on any atom is -0.478 e. The molecule has 0 saturated carbocycles. The Bertz CT molecular complexity index is 704. The van der Waals surface area contributed by atoms with Gasteiger partial charge in [-0.1, -0.05) is 30.3 Å². The number of pyridine rings is 1. The largest absolute Gasteiger partial charge is 0.478 e. The lowest BCUT2D eigenvalue weighted by atomic mass is 10.1. The number of aromatic nitrogens is 1. The van der Waals surface area contributed by atoms with Gasteiger partial charge in [0.2, 0.25) is 0 Å². The fourth-order valence-corrected chi connectivity index (χ4v) is 2.48. The number of aromatic carboxylic acids is 1. The van der Waals surface area contributed by atoms with Crippen molar-refractivity contribution in [1.82, 2.24) is 9.88 Å². The van der Waals surface area contributed by atoms with Crippen LogP contribution in [0.4, 0.5) is 0 Å². The molecule has 0 aliphatic heterocycles. The molecule has 1 amide bonds. The number of hydrogen-bond acceptors (Lipinski definition) is 4. The zero-order chi connectivity index (χ0) is 18.1. The van der Waals surface area contributed by atoms with Crippen LogP contribution in [0.1, 0.15) is 32.8 Å². The Balaban J connectivity index is 2.03. The van der Waals surface area contributed by atoms with E-state index in [0.717, 1.165) is 12.8 Å². The average Bonchev–Trinajstić information content (AvgIpc) is 2.65. The number of carboxylic acid groups (broad SMARTS) is 1. The zero-order valence-corrected chi connectivity index (χ0v) is 14.2. The van der Waals surface area contributed by atoms with Crippen LogP contribution in [0, 0.1) is 0 Å². The van der Waals surface area contributed by atoms with E-state index in [2.05, 4.69) is 17.1 Å². The summed E-state index contributed by atoms with van der Waals surface area (Å²) in [5.41, 5.74) is 1.40. The first-order valence-electron chi connectivity index (χ1n) is 8.13. The van der Waals surface area contributed by atoms with Gasteiger partial charge in [-0.2, -0.15) is 0 Å². The van der Waals surface area contributed by atoms with Gasteiger partial charge in [0.25, 0.3) is 5.91 Å². The highest BCUT2D eigenvalue weighted by Gasteiger charge is 2.18. The highest BCUT2D eigenvalue weighted by atomic mass is 16.5. The summed E-state index contributed by atoms with van der Waals surface area (Å²) in [6, 6.07) is 12.7. The third-order valence-corrected chi connectivity index (χ3v) is 3.81. The number of carboxylic acids is 1. The smallest absolute Gasteiger partial charge is 0.335 e. The summed E-state index contributed by atoms with van der Waals surface area (Å²) in [6.45, 7) is 1.40. The molecule has 6 heteroatoms. The van der Waals surface area contributed by atoms with Crippen molar-refractivity contribution in [1.29, 1.82) is 0 Å². The topological polar surface area (TPSA) is 79.7 Å². The maximum absolute atomic E-state index is 12.7. The first-order chi connectivity index (χ1) is 12.1. The summed E-state index contributed by atoms with van der Waals surface area (Å²) in [7, 11) is 1.58. The molecule has 25 heavy (non-hydrogen) atoms. The summed E-state index contributed by atoms with van der Waals surface area (Å²) in [4.78, 5) is 29.4. The Morgan fingerprint density at radius 2 is 1.92 bits per heavy atom. The lowest BCUT2D eigenvalue weighted by Crippen LogP contribution is -2.35. The van der Waals surface area contributed by atoms with E-state index in [-0.39, 0.29) is 17.2 Å².